The molecule has 0 radical (unpaired) electrons. The van der Waals surface area contributed by atoms with Gasteiger partial charge >= 0.3 is 0 Å². The molecule has 0 amide bonds. The Hall–Kier alpha value is -0.855. The van der Waals surface area contributed by atoms with Crippen LogP contribution in [0.2, 0.25) is 0 Å². The quantitative estimate of drug-likeness (QED) is 0.453. The molecule has 1 rings (SSSR count). The molecule has 0 heterocycles. The van der Waals surface area contributed by atoms with Crippen LogP contribution >= 0.6 is 0 Å². The second kappa shape index (κ2) is 3.23. The van der Waals surface area contributed by atoms with Gasteiger partial charge in [0.15, 0.2) is 11.6 Å². The number of hydrogen-bond donors (Lipinski definition) is 0. The SMILES string of the molecule is B.Fc1ccccc1F. The van der Waals surface area contributed by atoms with Crippen LogP contribution in [0.15, 0.2) is 24.3 Å². The number of halogens is 2. The van der Waals surface area contributed by atoms with Gasteiger partial charge in [-0.1, -0.05) is 12.1 Å². The van der Waals surface area contributed by atoms with Crippen LogP contribution in [-0.2, 0) is 0 Å². The lowest BCUT2D eigenvalue weighted by molar-refractivity contribution is 0.508. The number of rotatable bonds is 0. The van der Waals surface area contributed by atoms with E-state index in [9.17, 15) is 8.78 Å². The minimum atomic E-state index is -0.799. The van der Waals surface area contributed by atoms with Crippen molar-refractivity contribution in [2.24, 2.45) is 0 Å². The predicted octanol–water partition coefficient (Wildman–Crippen LogP) is 0.781. The second-order valence-corrected chi connectivity index (χ2v) is 1.41. The Morgan fingerprint density at radius 2 is 1.22 bits per heavy atom. The Morgan fingerprint density at radius 3 is 1.44 bits per heavy atom. The summed E-state index contributed by atoms with van der Waals surface area (Å²) in [5.41, 5.74) is 0. The molecule has 0 N–H and O–H groups in total. The van der Waals surface area contributed by atoms with Crippen LogP contribution in [0, 0.1) is 11.6 Å². The topological polar surface area (TPSA) is 0 Å². The van der Waals surface area contributed by atoms with E-state index in [1.807, 2.05) is 0 Å². The molecule has 0 saturated heterocycles. The van der Waals surface area contributed by atoms with Gasteiger partial charge in [-0.25, -0.2) is 8.78 Å². The van der Waals surface area contributed by atoms with E-state index in [-0.39, 0.29) is 8.41 Å². The van der Waals surface area contributed by atoms with Crippen molar-refractivity contribution in [3.05, 3.63) is 35.9 Å². The van der Waals surface area contributed by atoms with E-state index in [2.05, 4.69) is 0 Å². The van der Waals surface area contributed by atoms with Gasteiger partial charge in [0, 0.05) is 0 Å². The Bertz CT molecular complexity index is 167. The molecule has 1 aromatic carbocycles. The van der Waals surface area contributed by atoms with Crippen molar-refractivity contribution >= 4 is 8.41 Å². The van der Waals surface area contributed by atoms with Gasteiger partial charge in [0.1, 0.15) is 0 Å². The summed E-state index contributed by atoms with van der Waals surface area (Å²) < 4.78 is 23.9. The average Bonchev–Trinajstić information content (AvgIpc) is 1.77. The molecule has 0 saturated carbocycles. The molecule has 0 fully saturated rings. The van der Waals surface area contributed by atoms with Crippen molar-refractivity contribution in [1.29, 1.82) is 0 Å². The van der Waals surface area contributed by atoms with Crippen molar-refractivity contribution < 1.29 is 8.78 Å². The Labute approximate surface area is 54.1 Å². The summed E-state index contributed by atoms with van der Waals surface area (Å²) in [5.74, 6) is -1.60. The maximum atomic E-state index is 11.9. The summed E-state index contributed by atoms with van der Waals surface area (Å²) in [6.45, 7) is 0. The Balaban J connectivity index is 0.000000640. The standard InChI is InChI=1S/C6H4F2.BH3/c7-5-3-1-2-4-6(5)8;/h1-4H;1H3. The molecule has 3 heteroatoms. The zero-order valence-corrected chi connectivity index (χ0v) is 4.07. The maximum Gasteiger partial charge on any atom is 0.158 e. The van der Waals surface area contributed by atoms with Crippen molar-refractivity contribution in [1.82, 2.24) is 0 Å². The lowest BCUT2D eigenvalue weighted by Crippen LogP contribution is -1.77. The normalized spacial score (nSPS) is 8.22. The molecular weight excluding hydrogens is 121 g/mol. The van der Waals surface area contributed by atoms with E-state index in [1.165, 1.54) is 12.1 Å². The first kappa shape index (κ1) is 8.14. The Morgan fingerprint density at radius 1 is 0.889 bits per heavy atom. The van der Waals surface area contributed by atoms with Crippen LogP contribution in [-0.4, -0.2) is 8.41 Å². The van der Waals surface area contributed by atoms with Gasteiger partial charge in [0.25, 0.3) is 0 Å². The van der Waals surface area contributed by atoms with Crippen LogP contribution in [0.5, 0.6) is 0 Å². The summed E-state index contributed by atoms with van der Waals surface area (Å²) in [7, 11) is 0. The molecule has 0 atom stereocenters. The maximum absolute atomic E-state index is 11.9. The first-order chi connectivity index (χ1) is 3.80. The lowest BCUT2D eigenvalue weighted by Gasteiger charge is -1.85. The first-order valence-electron chi connectivity index (χ1n) is 2.21. The van der Waals surface area contributed by atoms with Gasteiger partial charge in [-0.3, -0.25) is 0 Å². The summed E-state index contributed by atoms with van der Waals surface area (Å²) in [6.07, 6.45) is 0. The molecular formula is C6H7BF2. The molecule has 0 unspecified atom stereocenters. The highest BCUT2D eigenvalue weighted by atomic mass is 19.2. The van der Waals surface area contributed by atoms with Gasteiger partial charge in [0.05, 0.1) is 8.41 Å². The molecule has 0 nitrogen and oxygen atoms in total. The van der Waals surface area contributed by atoms with Crippen LogP contribution in [0.3, 0.4) is 0 Å². The second-order valence-electron chi connectivity index (χ2n) is 1.41. The van der Waals surface area contributed by atoms with Crippen molar-refractivity contribution in [2.45, 2.75) is 0 Å². The monoisotopic (exact) mass is 128 g/mol. The van der Waals surface area contributed by atoms with E-state index < -0.39 is 11.6 Å². The summed E-state index contributed by atoms with van der Waals surface area (Å²) in [5, 5.41) is 0. The van der Waals surface area contributed by atoms with E-state index in [0.717, 1.165) is 12.1 Å². The third-order valence-corrected chi connectivity index (χ3v) is 0.824. The molecule has 0 bridgehead atoms. The molecule has 0 aliphatic heterocycles. The fourth-order valence-corrected chi connectivity index (χ4v) is 0.439. The van der Waals surface area contributed by atoms with E-state index in [1.54, 1.807) is 0 Å². The van der Waals surface area contributed by atoms with Gasteiger partial charge in [-0.15, -0.1) is 0 Å². The number of benzene rings is 1. The predicted molar refractivity (Wildman–Crippen MR) is 36.3 cm³/mol. The lowest BCUT2D eigenvalue weighted by atomic mass is 10.3. The smallest absolute Gasteiger partial charge is 0.158 e. The third-order valence-electron chi connectivity index (χ3n) is 0.824. The molecule has 1 aromatic rings. The summed E-state index contributed by atoms with van der Waals surface area (Å²) >= 11 is 0. The molecule has 48 valence electrons. The van der Waals surface area contributed by atoms with E-state index >= 15 is 0 Å². The fourth-order valence-electron chi connectivity index (χ4n) is 0.439. The summed E-state index contributed by atoms with van der Waals surface area (Å²) in [6, 6.07) is 5.04. The zero-order chi connectivity index (χ0) is 5.98. The van der Waals surface area contributed by atoms with Crippen molar-refractivity contribution in [2.75, 3.05) is 0 Å². The minimum absolute atomic E-state index is 0. The van der Waals surface area contributed by atoms with Crippen LogP contribution in [0.1, 0.15) is 0 Å². The van der Waals surface area contributed by atoms with Gasteiger partial charge < -0.3 is 0 Å². The van der Waals surface area contributed by atoms with Crippen LogP contribution in [0.4, 0.5) is 8.78 Å². The largest absolute Gasteiger partial charge is 0.204 e. The van der Waals surface area contributed by atoms with Crippen molar-refractivity contribution in [3.63, 3.8) is 0 Å². The molecule has 9 heavy (non-hydrogen) atoms. The highest BCUT2D eigenvalue weighted by Gasteiger charge is 1.93. The van der Waals surface area contributed by atoms with Gasteiger partial charge in [-0.2, -0.15) is 0 Å². The minimum Gasteiger partial charge on any atom is -0.204 e. The van der Waals surface area contributed by atoms with Crippen LogP contribution in [0.25, 0.3) is 0 Å². The zero-order valence-electron chi connectivity index (χ0n) is 4.07. The first-order valence-corrected chi connectivity index (χ1v) is 2.21. The highest BCUT2D eigenvalue weighted by Crippen LogP contribution is 2.01. The van der Waals surface area contributed by atoms with Gasteiger partial charge in [-0.05, 0) is 12.1 Å². The molecule has 0 aliphatic rings. The summed E-state index contributed by atoms with van der Waals surface area (Å²) in [4.78, 5) is 0. The fraction of sp³-hybridized carbons (Fsp3) is 0. The van der Waals surface area contributed by atoms with Crippen molar-refractivity contribution in [3.8, 4) is 0 Å². The molecule has 0 aliphatic carbocycles. The van der Waals surface area contributed by atoms with Gasteiger partial charge in [0.2, 0.25) is 0 Å². The number of hydrogen-bond acceptors (Lipinski definition) is 0. The van der Waals surface area contributed by atoms with E-state index in [4.69, 9.17) is 0 Å². The van der Waals surface area contributed by atoms with E-state index in [0.29, 0.717) is 0 Å². The van der Waals surface area contributed by atoms with Crippen LogP contribution < -0.4 is 0 Å². The average molecular weight is 128 g/mol. The Kier molecular flexibility index (Phi) is 2.92. The molecule has 0 spiro atoms. The molecule has 0 aromatic heterocycles. The third kappa shape index (κ3) is 1.84. The highest BCUT2D eigenvalue weighted by molar-refractivity contribution is 5.75.